The largest absolute Gasteiger partial charge is 0.484 e. The van der Waals surface area contributed by atoms with Crippen LogP contribution in [0.5, 0.6) is 5.75 Å². The van der Waals surface area contributed by atoms with Crippen LogP contribution in [0.3, 0.4) is 0 Å². The topological polar surface area (TPSA) is 76.5 Å². The standard InChI is InChI=1S/C25H30N4O3/c1-19-9-7-8-16-28(19)25(31)17-29-22-13-6-5-12-21(22)27-23(29)14-15-26-24(30)18-32-20-10-3-2-4-11-20/h2-6,10-13,19H,7-9,14-18H2,1H3,(H,26,30). The predicted octanol–water partition coefficient (Wildman–Crippen LogP) is 3.18. The lowest BCUT2D eigenvalue weighted by Crippen LogP contribution is -2.43. The van der Waals surface area contributed by atoms with Crippen molar-refractivity contribution in [3.05, 3.63) is 60.4 Å². The summed E-state index contributed by atoms with van der Waals surface area (Å²) < 4.78 is 7.48. The minimum absolute atomic E-state index is 0.0359. The van der Waals surface area contributed by atoms with Crippen molar-refractivity contribution in [1.82, 2.24) is 19.8 Å². The predicted molar refractivity (Wildman–Crippen MR) is 123 cm³/mol. The van der Waals surface area contributed by atoms with Crippen molar-refractivity contribution in [3.63, 3.8) is 0 Å². The SMILES string of the molecule is CC1CCCCN1C(=O)Cn1c(CCNC(=O)COc2ccccc2)nc2ccccc21. The van der Waals surface area contributed by atoms with Crippen LogP contribution < -0.4 is 10.1 Å². The Morgan fingerprint density at radius 3 is 2.69 bits per heavy atom. The zero-order valence-corrected chi connectivity index (χ0v) is 18.5. The first-order valence-corrected chi connectivity index (χ1v) is 11.3. The fourth-order valence-corrected chi connectivity index (χ4v) is 4.22. The van der Waals surface area contributed by atoms with Crippen molar-refractivity contribution in [2.75, 3.05) is 19.7 Å². The molecule has 0 saturated carbocycles. The summed E-state index contributed by atoms with van der Waals surface area (Å²) in [7, 11) is 0. The van der Waals surface area contributed by atoms with Crippen molar-refractivity contribution in [2.24, 2.45) is 0 Å². The lowest BCUT2D eigenvalue weighted by Gasteiger charge is -2.33. The van der Waals surface area contributed by atoms with E-state index in [1.54, 1.807) is 0 Å². The molecule has 2 aromatic carbocycles. The van der Waals surface area contributed by atoms with Crippen molar-refractivity contribution in [3.8, 4) is 5.75 Å². The fourth-order valence-electron chi connectivity index (χ4n) is 4.22. The van der Waals surface area contributed by atoms with Gasteiger partial charge in [-0.05, 0) is 50.5 Å². The fraction of sp³-hybridized carbons (Fsp3) is 0.400. The lowest BCUT2D eigenvalue weighted by molar-refractivity contribution is -0.135. The van der Waals surface area contributed by atoms with Crippen LogP contribution in [0.25, 0.3) is 11.0 Å². The van der Waals surface area contributed by atoms with Crippen molar-refractivity contribution < 1.29 is 14.3 Å². The monoisotopic (exact) mass is 434 g/mol. The molecule has 1 fully saturated rings. The number of carbonyl (C=O) groups excluding carboxylic acids is 2. The number of piperidine rings is 1. The van der Waals surface area contributed by atoms with E-state index in [4.69, 9.17) is 9.72 Å². The zero-order chi connectivity index (χ0) is 22.3. The van der Waals surface area contributed by atoms with Gasteiger partial charge in [0.25, 0.3) is 5.91 Å². The number of hydrogen-bond acceptors (Lipinski definition) is 4. The number of rotatable bonds is 8. The van der Waals surface area contributed by atoms with Crippen LogP contribution in [-0.4, -0.2) is 52.0 Å². The summed E-state index contributed by atoms with van der Waals surface area (Å²) in [4.78, 5) is 31.9. The van der Waals surface area contributed by atoms with Crippen molar-refractivity contribution >= 4 is 22.8 Å². The van der Waals surface area contributed by atoms with Gasteiger partial charge >= 0.3 is 0 Å². The van der Waals surface area contributed by atoms with E-state index in [9.17, 15) is 9.59 Å². The van der Waals surface area contributed by atoms with E-state index in [0.29, 0.717) is 18.7 Å². The summed E-state index contributed by atoms with van der Waals surface area (Å²) in [6.07, 6.45) is 3.83. The molecule has 32 heavy (non-hydrogen) atoms. The smallest absolute Gasteiger partial charge is 0.257 e. The molecule has 7 heteroatoms. The van der Waals surface area contributed by atoms with Gasteiger partial charge in [-0.1, -0.05) is 30.3 Å². The van der Waals surface area contributed by atoms with Gasteiger partial charge in [-0.15, -0.1) is 0 Å². The number of amides is 2. The lowest BCUT2D eigenvalue weighted by atomic mass is 10.0. The molecule has 1 atom stereocenters. The maximum atomic E-state index is 13.1. The first-order chi connectivity index (χ1) is 15.6. The molecule has 1 unspecified atom stereocenters. The average Bonchev–Trinajstić information content (AvgIpc) is 3.16. The first-order valence-electron chi connectivity index (χ1n) is 11.3. The molecule has 168 valence electrons. The van der Waals surface area contributed by atoms with Crippen LogP contribution in [-0.2, 0) is 22.6 Å². The molecular formula is C25H30N4O3. The molecule has 4 rings (SSSR count). The summed E-state index contributed by atoms with van der Waals surface area (Å²) in [5, 5.41) is 2.88. The third-order valence-electron chi connectivity index (χ3n) is 5.93. The van der Waals surface area contributed by atoms with Crippen LogP contribution in [0.4, 0.5) is 0 Å². The van der Waals surface area contributed by atoms with E-state index in [1.807, 2.05) is 64.1 Å². The third-order valence-corrected chi connectivity index (χ3v) is 5.93. The number of likely N-dealkylation sites (tertiary alicyclic amines) is 1. The highest BCUT2D eigenvalue weighted by Gasteiger charge is 2.24. The minimum atomic E-state index is -0.185. The highest BCUT2D eigenvalue weighted by atomic mass is 16.5. The van der Waals surface area contributed by atoms with Gasteiger partial charge < -0.3 is 19.5 Å². The second-order valence-corrected chi connectivity index (χ2v) is 8.24. The Labute approximate surface area is 188 Å². The molecule has 0 spiro atoms. The molecule has 1 aromatic heterocycles. The Morgan fingerprint density at radius 2 is 1.88 bits per heavy atom. The van der Waals surface area contributed by atoms with E-state index in [0.717, 1.165) is 36.2 Å². The molecule has 0 bridgehead atoms. The highest BCUT2D eigenvalue weighted by molar-refractivity contribution is 5.81. The van der Waals surface area contributed by atoms with Crippen LogP contribution in [0.2, 0.25) is 0 Å². The summed E-state index contributed by atoms with van der Waals surface area (Å²) in [5.41, 5.74) is 1.81. The van der Waals surface area contributed by atoms with Crippen LogP contribution in [0.15, 0.2) is 54.6 Å². The molecule has 1 aliphatic rings. The quantitative estimate of drug-likeness (QED) is 0.591. The number of hydrogen-bond donors (Lipinski definition) is 1. The van der Waals surface area contributed by atoms with E-state index in [1.165, 1.54) is 6.42 Å². The molecule has 0 radical (unpaired) electrons. The third kappa shape index (κ3) is 5.28. The highest BCUT2D eigenvalue weighted by Crippen LogP contribution is 2.20. The molecule has 1 saturated heterocycles. The Hall–Kier alpha value is -3.35. The molecule has 0 aliphatic carbocycles. The minimum Gasteiger partial charge on any atom is -0.484 e. The van der Waals surface area contributed by atoms with Gasteiger partial charge in [-0.25, -0.2) is 4.98 Å². The normalized spacial score (nSPS) is 16.2. The number of fused-ring (bicyclic) bond motifs is 1. The molecule has 2 amide bonds. The van der Waals surface area contributed by atoms with Gasteiger partial charge in [0.1, 0.15) is 18.1 Å². The van der Waals surface area contributed by atoms with Gasteiger partial charge in [0.15, 0.2) is 6.61 Å². The van der Waals surface area contributed by atoms with Gasteiger partial charge in [-0.2, -0.15) is 0 Å². The van der Waals surface area contributed by atoms with Gasteiger partial charge in [0.2, 0.25) is 5.91 Å². The molecule has 2 heterocycles. The average molecular weight is 435 g/mol. The number of aromatic nitrogens is 2. The Kier molecular flexibility index (Phi) is 7.04. The van der Waals surface area contributed by atoms with Gasteiger partial charge in [0, 0.05) is 25.6 Å². The summed E-state index contributed by atoms with van der Waals surface area (Å²) in [6, 6.07) is 17.4. The van der Waals surface area contributed by atoms with E-state index >= 15 is 0 Å². The van der Waals surface area contributed by atoms with E-state index in [2.05, 4.69) is 12.2 Å². The van der Waals surface area contributed by atoms with E-state index in [-0.39, 0.29) is 31.0 Å². The van der Waals surface area contributed by atoms with Gasteiger partial charge in [0.05, 0.1) is 11.0 Å². The number of para-hydroxylation sites is 3. The number of benzene rings is 2. The van der Waals surface area contributed by atoms with E-state index < -0.39 is 0 Å². The van der Waals surface area contributed by atoms with Crippen molar-refractivity contribution in [2.45, 2.75) is 45.2 Å². The number of carbonyl (C=O) groups is 2. The zero-order valence-electron chi connectivity index (χ0n) is 18.5. The summed E-state index contributed by atoms with van der Waals surface area (Å²) >= 11 is 0. The molecule has 1 aliphatic heterocycles. The molecule has 7 nitrogen and oxygen atoms in total. The van der Waals surface area contributed by atoms with Crippen LogP contribution in [0, 0.1) is 0 Å². The Bertz CT molecular complexity index is 1060. The summed E-state index contributed by atoms with van der Waals surface area (Å²) in [6.45, 7) is 3.60. The first kappa shape index (κ1) is 21.9. The maximum absolute atomic E-state index is 13.1. The second-order valence-electron chi connectivity index (χ2n) is 8.24. The summed E-state index contributed by atoms with van der Waals surface area (Å²) in [5.74, 6) is 1.40. The van der Waals surface area contributed by atoms with Gasteiger partial charge in [-0.3, -0.25) is 9.59 Å². The Balaban J connectivity index is 1.38. The van der Waals surface area contributed by atoms with Crippen molar-refractivity contribution in [1.29, 1.82) is 0 Å². The Morgan fingerprint density at radius 1 is 1.09 bits per heavy atom. The second kappa shape index (κ2) is 10.3. The number of ether oxygens (including phenoxy) is 1. The molecule has 3 aromatic rings. The number of imidazole rings is 1. The molecular weight excluding hydrogens is 404 g/mol. The van der Waals surface area contributed by atoms with Crippen LogP contribution >= 0.6 is 0 Å². The maximum Gasteiger partial charge on any atom is 0.257 e. The molecule has 1 N–H and O–H groups in total. The van der Waals surface area contributed by atoms with Crippen LogP contribution in [0.1, 0.15) is 32.0 Å². The number of nitrogens with zero attached hydrogens (tertiary/aromatic N) is 3. The number of nitrogens with one attached hydrogen (secondary N) is 1.